The van der Waals surface area contributed by atoms with E-state index in [4.69, 9.17) is 0 Å². The average Bonchev–Trinajstić information content (AvgIpc) is 1.94. The van der Waals surface area contributed by atoms with Gasteiger partial charge in [0, 0.05) is 0 Å². The lowest BCUT2D eigenvalue weighted by atomic mass is 10.1. The van der Waals surface area contributed by atoms with Crippen molar-refractivity contribution in [2.75, 3.05) is 0 Å². The number of rotatable bonds is 2. The second-order valence-corrected chi connectivity index (χ2v) is 3.88. The zero-order chi connectivity index (χ0) is 10.1. The number of hydrogen-bond acceptors (Lipinski definition) is 4. The highest BCUT2D eigenvalue weighted by Gasteiger charge is 2.01. The summed E-state index contributed by atoms with van der Waals surface area (Å²) in [6, 6.07) is 5.01. The molecule has 0 saturated carbocycles. The molecule has 0 radical (unpaired) electrons. The fourth-order valence-corrected chi connectivity index (χ4v) is 1.36. The number of phosphoric acid groups is 1. The number of aryl methyl sites for hydroxylation is 2. The Bertz CT molecular complexity index is 355. The molecule has 0 bridgehead atoms. The molecule has 4 nitrogen and oxygen atoms in total. The van der Waals surface area contributed by atoms with Crippen molar-refractivity contribution in [3.63, 3.8) is 0 Å². The standard InChI is InChI=1S/C8H11O4P/c1-6-3-4-7(2)8(5-6)12-13(9,10)11/h3-5H,1-2H3,(H2,9,10,11)/p-2. The monoisotopic (exact) mass is 200 g/mol. The van der Waals surface area contributed by atoms with Gasteiger partial charge in [0.2, 0.25) is 0 Å². The summed E-state index contributed by atoms with van der Waals surface area (Å²) in [5, 5.41) is 0. The van der Waals surface area contributed by atoms with Crippen molar-refractivity contribution >= 4 is 7.82 Å². The number of benzene rings is 1. The molecule has 13 heavy (non-hydrogen) atoms. The van der Waals surface area contributed by atoms with Crippen LogP contribution in [-0.2, 0) is 4.57 Å². The Hall–Kier alpha value is -0.830. The van der Waals surface area contributed by atoms with Gasteiger partial charge in [-0.2, -0.15) is 0 Å². The van der Waals surface area contributed by atoms with E-state index in [1.807, 2.05) is 6.07 Å². The lowest BCUT2D eigenvalue weighted by molar-refractivity contribution is -0.333. The summed E-state index contributed by atoms with van der Waals surface area (Å²) in [6.45, 7) is 3.46. The van der Waals surface area contributed by atoms with Crippen LogP contribution in [0.4, 0.5) is 0 Å². The van der Waals surface area contributed by atoms with Gasteiger partial charge in [-0.3, -0.25) is 0 Å². The Morgan fingerprint density at radius 1 is 1.31 bits per heavy atom. The van der Waals surface area contributed by atoms with Crippen LogP contribution < -0.4 is 14.3 Å². The Balaban J connectivity index is 3.01. The minimum absolute atomic E-state index is 0.105. The highest BCUT2D eigenvalue weighted by atomic mass is 31.2. The summed E-state index contributed by atoms with van der Waals surface area (Å²) in [4.78, 5) is 20.6. The first kappa shape index (κ1) is 10.3. The third kappa shape index (κ3) is 3.19. The highest BCUT2D eigenvalue weighted by Crippen LogP contribution is 2.31. The summed E-state index contributed by atoms with van der Waals surface area (Å²) in [5.41, 5.74) is 1.46. The molecule has 0 saturated heterocycles. The van der Waals surface area contributed by atoms with Crippen LogP contribution in [0.5, 0.6) is 5.75 Å². The van der Waals surface area contributed by atoms with E-state index in [-0.39, 0.29) is 5.75 Å². The van der Waals surface area contributed by atoms with Crippen molar-refractivity contribution < 1.29 is 18.9 Å². The van der Waals surface area contributed by atoms with E-state index in [0.29, 0.717) is 5.56 Å². The van der Waals surface area contributed by atoms with Crippen LogP contribution in [0.2, 0.25) is 0 Å². The SMILES string of the molecule is Cc1ccc(C)c(OP(=O)([O-])[O-])c1. The minimum Gasteiger partial charge on any atom is -0.780 e. The summed E-state index contributed by atoms with van der Waals surface area (Å²) in [5.74, 6) is 0.105. The van der Waals surface area contributed by atoms with Gasteiger partial charge in [0.25, 0.3) is 0 Å². The van der Waals surface area contributed by atoms with E-state index in [0.717, 1.165) is 5.56 Å². The molecule has 0 amide bonds. The van der Waals surface area contributed by atoms with Gasteiger partial charge < -0.3 is 18.9 Å². The topological polar surface area (TPSA) is 72.4 Å². The summed E-state index contributed by atoms with van der Waals surface area (Å²) < 4.78 is 14.6. The van der Waals surface area contributed by atoms with Crippen LogP contribution in [0.3, 0.4) is 0 Å². The van der Waals surface area contributed by atoms with E-state index >= 15 is 0 Å². The second kappa shape index (κ2) is 3.50. The van der Waals surface area contributed by atoms with Gasteiger partial charge in [0.1, 0.15) is 13.6 Å². The van der Waals surface area contributed by atoms with Gasteiger partial charge in [0.15, 0.2) is 0 Å². The van der Waals surface area contributed by atoms with Crippen molar-refractivity contribution in [3.05, 3.63) is 29.3 Å². The third-order valence-electron chi connectivity index (χ3n) is 1.55. The lowest BCUT2D eigenvalue weighted by Gasteiger charge is -2.29. The van der Waals surface area contributed by atoms with Gasteiger partial charge in [0.05, 0.1) is 0 Å². The maximum atomic E-state index is 10.3. The van der Waals surface area contributed by atoms with E-state index < -0.39 is 7.82 Å². The van der Waals surface area contributed by atoms with Crippen LogP contribution in [0.25, 0.3) is 0 Å². The molecular formula is C8H9O4P-2. The first-order chi connectivity index (χ1) is 5.88. The van der Waals surface area contributed by atoms with Crippen LogP contribution in [0, 0.1) is 13.8 Å². The van der Waals surface area contributed by atoms with Gasteiger partial charge in [-0.05, 0) is 31.0 Å². The van der Waals surface area contributed by atoms with E-state index in [9.17, 15) is 14.4 Å². The normalized spacial score (nSPS) is 11.4. The summed E-state index contributed by atoms with van der Waals surface area (Å²) in [7, 11) is -4.93. The number of phosphoric ester groups is 1. The smallest absolute Gasteiger partial charge is 0.127 e. The maximum absolute atomic E-state index is 10.3. The van der Waals surface area contributed by atoms with Crippen molar-refractivity contribution in [3.8, 4) is 5.75 Å². The molecule has 72 valence electrons. The minimum atomic E-state index is -4.93. The molecule has 1 aromatic rings. The molecule has 0 aliphatic rings. The molecular weight excluding hydrogens is 191 g/mol. The highest BCUT2D eigenvalue weighted by molar-refractivity contribution is 7.43. The molecule has 0 fully saturated rings. The molecule has 0 aromatic heterocycles. The average molecular weight is 200 g/mol. The molecule has 0 heterocycles. The van der Waals surface area contributed by atoms with E-state index in [2.05, 4.69) is 4.52 Å². The Morgan fingerprint density at radius 3 is 2.46 bits per heavy atom. The van der Waals surface area contributed by atoms with Crippen molar-refractivity contribution in [1.82, 2.24) is 0 Å². The molecule has 0 atom stereocenters. The molecule has 0 aliphatic carbocycles. The molecule has 1 rings (SSSR count). The molecule has 0 unspecified atom stereocenters. The Kier molecular flexibility index (Phi) is 2.76. The van der Waals surface area contributed by atoms with Crippen LogP contribution in [-0.4, -0.2) is 0 Å². The molecule has 0 aliphatic heterocycles. The van der Waals surface area contributed by atoms with Gasteiger partial charge in [-0.15, -0.1) is 0 Å². The maximum Gasteiger partial charge on any atom is 0.127 e. The third-order valence-corrected chi connectivity index (χ3v) is 1.97. The van der Waals surface area contributed by atoms with E-state index in [1.165, 1.54) is 6.07 Å². The first-order valence-corrected chi connectivity index (χ1v) is 5.13. The Morgan fingerprint density at radius 2 is 1.92 bits per heavy atom. The summed E-state index contributed by atoms with van der Waals surface area (Å²) in [6.07, 6.45) is 0. The van der Waals surface area contributed by atoms with Gasteiger partial charge in [-0.25, -0.2) is 0 Å². The van der Waals surface area contributed by atoms with Gasteiger partial charge in [-0.1, -0.05) is 12.1 Å². The van der Waals surface area contributed by atoms with Crippen molar-refractivity contribution in [2.45, 2.75) is 13.8 Å². The second-order valence-electron chi connectivity index (χ2n) is 2.81. The van der Waals surface area contributed by atoms with Crippen molar-refractivity contribution in [1.29, 1.82) is 0 Å². The quantitative estimate of drug-likeness (QED) is 0.652. The lowest BCUT2D eigenvalue weighted by Crippen LogP contribution is -2.18. The molecule has 0 spiro atoms. The first-order valence-electron chi connectivity index (χ1n) is 3.67. The fraction of sp³-hybridized carbons (Fsp3) is 0.250. The predicted molar refractivity (Wildman–Crippen MR) is 44.2 cm³/mol. The molecule has 0 N–H and O–H groups in total. The number of hydrogen-bond donors (Lipinski definition) is 0. The van der Waals surface area contributed by atoms with Crippen LogP contribution in [0.15, 0.2) is 18.2 Å². The van der Waals surface area contributed by atoms with Gasteiger partial charge >= 0.3 is 0 Å². The zero-order valence-corrected chi connectivity index (χ0v) is 8.21. The van der Waals surface area contributed by atoms with E-state index in [1.54, 1.807) is 19.9 Å². The van der Waals surface area contributed by atoms with Crippen LogP contribution in [0.1, 0.15) is 11.1 Å². The molecule has 1 aromatic carbocycles. The Labute approximate surface area is 76.4 Å². The molecule has 5 heteroatoms. The van der Waals surface area contributed by atoms with Crippen molar-refractivity contribution in [2.24, 2.45) is 0 Å². The largest absolute Gasteiger partial charge is 0.780 e. The summed E-state index contributed by atoms with van der Waals surface area (Å²) >= 11 is 0. The predicted octanol–water partition coefficient (Wildman–Crippen LogP) is 0.511. The van der Waals surface area contributed by atoms with Crippen LogP contribution >= 0.6 is 7.82 Å². The fourth-order valence-electron chi connectivity index (χ4n) is 0.926. The zero-order valence-electron chi connectivity index (χ0n) is 7.31.